The first-order valence-corrected chi connectivity index (χ1v) is 5.85. The monoisotopic (exact) mass is 272 g/mol. The molecule has 19 heavy (non-hydrogen) atoms. The van der Waals surface area contributed by atoms with Crippen molar-refractivity contribution in [2.45, 2.75) is 19.1 Å². The first kappa shape index (κ1) is 15.5. The van der Waals surface area contributed by atoms with Crippen molar-refractivity contribution < 1.29 is 17.9 Å². The molecule has 0 aliphatic heterocycles. The molecule has 6 heteroatoms. The molecule has 0 heterocycles. The summed E-state index contributed by atoms with van der Waals surface area (Å²) < 4.78 is 39.7. The van der Waals surface area contributed by atoms with Gasteiger partial charge in [0.1, 0.15) is 6.61 Å². The summed E-state index contributed by atoms with van der Waals surface area (Å²) >= 11 is 0. The van der Waals surface area contributed by atoms with E-state index < -0.39 is 12.8 Å². The summed E-state index contributed by atoms with van der Waals surface area (Å²) in [5, 5.41) is 11.7. The van der Waals surface area contributed by atoms with Crippen LogP contribution in [0.25, 0.3) is 0 Å². The molecule has 0 amide bonds. The van der Waals surface area contributed by atoms with E-state index in [4.69, 9.17) is 5.26 Å². The van der Waals surface area contributed by atoms with Gasteiger partial charge in [0, 0.05) is 13.2 Å². The van der Waals surface area contributed by atoms with Crippen LogP contribution in [-0.4, -0.2) is 25.9 Å². The molecular weight excluding hydrogens is 257 g/mol. The van der Waals surface area contributed by atoms with E-state index in [1.807, 2.05) is 18.2 Å². The molecule has 1 N–H and O–H groups in total. The summed E-state index contributed by atoms with van der Waals surface area (Å²) in [7, 11) is 0. The Hall–Kier alpha value is -1.58. The molecule has 0 unspecified atom stereocenters. The van der Waals surface area contributed by atoms with E-state index in [9.17, 15) is 13.2 Å². The van der Waals surface area contributed by atoms with Gasteiger partial charge in [-0.1, -0.05) is 12.1 Å². The summed E-state index contributed by atoms with van der Waals surface area (Å²) in [5.74, 6) is 0. The normalized spacial score (nSPS) is 11.3. The fourth-order valence-corrected chi connectivity index (χ4v) is 1.42. The van der Waals surface area contributed by atoms with Crippen molar-refractivity contribution >= 4 is 0 Å². The van der Waals surface area contributed by atoms with E-state index in [0.717, 1.165) is 5.56 Å². The van der Waals surface area contributed by atoms with Crippen LogP contribution in [0.15, 0.2) is 24.3 Å². The van der Waals surface area contributed by atoms with Crippen LogP contribution >= 0.6 is 0 Å². The number of halogens is 3. The smallest absolute Gasteiger partial charge is 0.372 e. The molecule has 0 bridgehead atoms. The molecule has 0 aliphatic carbocycles. The van der Waals surface area contributed by atoms with Crippen LogP contribution in [0.5, 0.6) is 0 Å². The van der Waals surface area contributed by atoms with Gasteiger partial charge in [-0.05, 0) is 30.7 Å². The van der Waals surface area contributed by atoms with Crippen molar-refractivity contribution in [2.75, 3.05) is 19.8 Å². The molecule has 0 saturated carbocycles. The number of ether oxygens (including phenoxy) is 1. The third-order valence-corrected chi connectivity index (χ3v) is 2.32. The highest BCUT2D eigenvalue weighted by atomic mass is 19.4. The van der Waals surface area contributed by atoms with Gasteiger partial charge in [-0.15, -0.1) is 0 Å². The number of nitrogens with one attached hydrogen (secondary N) is 1. The topological polar surface area (TPSA) is 45.0 Å². The number of rotatable bonds is 7. The largest absolute Gasteiger partial charge is 0.411 e. The van der Waals surface area contributed by atoms with Crippen molar-refractivity contribution in [1.29, 1.82) is 5.26 Å². The Morgan fingerprint density at radius 3 is 2.47 bits per heavy atom. The Morgan fingerprint density at radius 2 is 1.89 bits per heavy atom. The van der Waals surface area contributed by atoms with Crippen molar-refractivity contribution in [2.24, 2.45) is 0 Å². The first-order chi connectivity index (χ1) is 9.01. The molecule has 104 valence electrons. The Bertz CT molecular complexity index is 409. The Balaban J connectivity index is 2.06. The lowest BCUT2D eigenvalue weighted by Gasteiger charge is -2.08. The maximum Gasteiger partial charge on any atom is 0.411 e. The van der Waals surface area contributed by atoms with Crippen LogP contribution in [0.3, 0.4) is 0 Å². The third kappa shape index (κ3) is 7.44. The summed E-state index contributed by atoms with van der Waals surface area (Å²) in [6.45, 7) is 0.0886. The summed E-state index contributed by atoms with van der Waals surface area (Å²) in [4.78, 5) is 0. The number of alkyl halides is 3. The molecule has 0 spiro atoms. The summed E-state index contributed by atoms with van der Waals surface area (Å²) in [5.41, 5.74) is 1.62. The minimum atomic E-state index is -4.25. The average molecular weight is 272 g/mol. The minimum absolute atomic E-state index is 0.0832. The lowest BCUT2D eigenvalue weighted by atomic mass is 10.1. The van der Waals surface area contributed by atoms with Crippen molar-refractivity contribution in [3.05, 3.63) is 35.4 Å². The van der Waals surface area contributed by atoms with Gasteiger partial charge in [0.25, 0.3) is 0 Å². The van der Waals surface area contributed by atoms with Crippen LogP contribution in [0.4, 0.5) is 13.2 Å². The van der Waals surface area contributed by atoms with Gasteiger partial charge in [0.05, 0.1) is 11.6 Å². The number of hydrogen-bond acceptors (Lipinski definition) is 3. The van der Waals surface area contributed by atoms with Gasteiger partial charge < -0.3 is 10.1 Å². The summed E-state index contributed by atoms with van der Waals surface area (Å²) in [6.07, 6.45) is -3.73. The Labute approximate surface area is 110 Å². The summed E-state index contributed by atoms with van der Waals surface area (Å²) in [6, 6.07) is 9.16. The van der Waals surface area contributed by atoms with Gasteiger partial charge in [0.2, 0.25) is 0 Å². The first-order valence-electron chi connectivity index (χ1n) is 5.85. The van der Waals surface area contributed by atoms with E-state index in [1.165, 1.54) is 0 Å². The van der Waals surface area contributed by atoms with Crippen molar-refractivity contribution in [3.8, 4) is 6.07 Å². The van der Waals surface area contributed by atoms with Crippen molar-refractivity contribution in [3.63, 3.8) is 0 Å². The molecule has 1 rings (SSSR count). The Morgan fingerprint density at radius 1 is 1.21 bits per heavy atom. The van der Waals surface area contributed by atoms with Crippen molar-refractivity contribution in [1.82, 2.24) is 5.32 Å². The predicted molar refractivity (Wildman–Crippen MR) is 64.4 cm³/mol. The zero-order chi connectivity index (χ0) is 14.1. The van der Waals surface area contributed by atoms with E-state index >= 15 is 0 Å². The molecule has 1 aromatic rings. The van der Waals surface area contributed by atoms with Gasteiger partial charge in [-0.2, -0.15) is 18.4 Å². The molecular formula is C13H15F3N2O. The van der Waals surface area contributed by atoms with Crippen LogP contribution < -0.4 is 5.32 Å². The highest BCUT2D eigenvalue weighted by Crippen LogP contribution is 2.14. The second-order valence-electron chi connectivity index (χ2n) is 4.01. The highest BCUT2D eigenvalue weighted by Gasteiger charge is 2.27. The van der Waals surface area contributed by atoms with Gasteiger partial charge in [0.15, 0.2) is 0 Å². The van der Waals surface area contributed by atoms with E-state index in [-0.39, 0.29) is 6.61 Å². The van der Waals surface area contributed by atoms with Gasteiger partial charge in [-0.25, -0.2) is 0 Å². The second kappa shape index (κ2) is 7.77. The Kier molecular flexibility index (Phi) is 6.33. The maximum atomic E-state index is 11.8. The van der Waals surface area contributed by atoms with Crippen LogP contribution in [0.2, 0.25) is 0 Å². The van der Waals surface area contributed by atoms with Crippen LogP contribution in [-0.2, 0) is 11.3 Å². The van der Waals surface area contributed by atoms with Crippen LogP contribution in [0.1, 0.15) is 17.5 Å². The van der Waals surface area contributed by atoms with E-state index in [2.05, 4.69) is 10.1 Å². The van der Waals surface area contributed by atoms with Crippen LogP contribution in [0, 0.1) is 11.3 Å². The van der Waals surface area contributed by atoms with E-state index in [1.54, 1.807) is 12.1 Å². The minimum Gasteiger partial charge on any atom is -0.372 e. The fraction of sp³-hybridized carbons (Fsp3) is 0.462. The third-order valence-electron chi connectivity index (χ3n) is 2.32. The lowest BCUT2D eigenvalue weighted by molar-refractivity contribution is -0.173. The average Bonchev–Trinajstić information content (AvgIpc) is 2.37. The quantitative estimate of drug-likeness (QED) is 0.776. The molecule has 0 saturated heterocycles. The molecule has 0 aromatic heterocycles. The molecule has 0 aliphatic rings. The number of nitrogens with zero attached hydrogens (tertiary/aromatic N) is 1. The predicted octanol–water partition coefficient (Wildman–Crippen LogP) is 2.62. The van der Waals surface area contributed by atoms with E-state index in [0.29, 0.717) is 25.1 Å². The standard InChI is InChI=1S/C13H15F3N2O/c14-13(15,16)10-19-7-1-6-18-9-12-4-2-11(8-17)3-5-12/h2-5,18H,1,6-7,9-10H2. The molecule has 3 nitrogen and oxygen atoms in total. The van der Waals surface area contributed by atoms with Gasteiger partial charge in [-0.3, -0.25) is 0 Å². The number of benzene rings is 1. The number of nitriles is 1. The zero-order valence-corrected chi connectivity index (χ0v) is 10.3. The second-order valence-corrected chi connectivity index (χ2v) is 4.01. The molecule has 1 aromatic carbocycles. The van der Waals surface area contributed by atoms with Gasteiger partial charge >= 0.3 is 6.18 Å². The lowest BCUT2D eigenvalue weighted by Crippen LogP contribution is -2.20. The molecule has 0 atom stereocenters. The molecule has 0 radical (unpaired) electrons. The molecule has 0 fully saturated rings. The SMILES string of the molecule is N#Cc1ccc(CNCCCOCC(F)(F)F)cc1. The fourth-order valence-electron chi connectivity index (χ4n) is 1.42. The highest BCUT2D eigenvalue weighted by molar-refractivity contribution is 5.31. The maximum absolute atomic E-state index is 11.8. The number of hydrogen-bond donors (Lipinski definition) is 1. The zero-order valence-electron chi connectivity index (χ0n) is 10.3.